The highest BCUT2D eigenvalue weighted by Crippen LogP contribution is 2.35. The van der Waals surface area contributed by atoms with Crippen LogP contribution in [0.15, 0.2) is 22.7 Å². The fraction of sp³-hybridized carbons (Fsp3) is 0.462. The molecule has 0 spiro atoms. The Morgan fingerprint density at radius 1 is 1.35 bits per heavy atom. The van der Waals surface area contributed by atoms with Crippen LogP contribution in [0.2, 0.25) is 0 Å². The van der Waals surface area contributed by atoms with Gasteiger partial charge in [0.2, 0.25) is 0 Å². The fourth-order valence-corrected chi connectivity index (χ4v) is 2.99. The summed E-state index contributed by atoms with van der Waals surface area (Å²) < 4.78 is 0.498. The van der Waals surface area contributed by atoms with Crippen molar-refractivity contribution in [3.8, 4) is 0 Å². The van der Waals surface area contributed by atoms with E-state index < -0.39 is 16.4 Å². The van der Waals surface area contributed by atoms with Crippen molar-refractivity contribution in [2.24, 2.45) is 0 Å². The maximum Gasteiger partial charge on any atom is 0.329 e. The van der Waals surface area contributed by atoms with Crippen LogP contribution in [0, 0.1) is 10.1 Å². The Labute approximate surface area is 124 Å². The molecule has 0 unspecified atom stereocenters. The lowest BCUT2D eigenvalue weighted by molar-refractivity contribution is -0.384. The third-order valence-electron chi connectivity index (χ3n) is 3.65. The van der Waals surface area contributed by atoms with E-state index in [2.05, 4.69) is 21.2 Å². The van der Waals surface area contributed by atoms with Gasteiger partial charge < -0.3 is 10.4 Å². The van der Waals surface area contributed by atoms with E-state index in [9.17, 15) is 20.0 Å². The van der Waals surface area contributed by atoms with Crippen LogP contribution < -0.4 is 5.32 Å². The van der Waals surface area contributed by atoms with E-state index in [1.807, 2.05) is 0 Å². The number of carboxylic acid groups (broad SMARTS) is 1. The third-order valence-corrected chi connectivity index (χ3v) is 4.31. The summed E-state index contributed by atoms with van der Waals surface area (Å²) in [6.45, 7) is 0. The minimum absolute atomic E-state index is 0.0320. The monoisotopic (exact) mass is 342 g/mol. The van der Waals surface area contributed by atoms with Crippen molar-refractivity contribution >= 4 is 33.3 Å². The van der Waals surface area contributed by atoms with Crippen molar-refractivity contribution in [3.05, 3.63) is 32.8 Å². The van der Waals surface area contributed by atoms with Gasteiger partial charge in [-0.1, -0.05) is 19.3 Å². The Morgan fingerprint density at radius 3 is 2.50 bits per heavy atom. The normalized spacial score (nSPS) is 17.4. The number of aliphatic carboxylic acids is 1. The summed E-state index contributed by atoms with van der Waals surface area (Å²) in [5, 5.41) is 23.3. The minimum atomic E-state index is -0.975. The van der Waals surface area contributed by atoms with E-state index in [4.69, 9.17) is 0 Å². The van der Waals surface area contributed by atoms with Gasteiger partial charge in [0, 0.05) is 22.3 Å². The second kappa shape index (κ2) is 5.78. The maximum atomic E-state index is 11.6. The molecule has 108 valence electrons. The molecule has 1 aliphatic rings. The molecule has 6 nitrogen and oxygen atoms in total. The topological polar surface area (TPSA) is 92.5 Å². The van der Waals surface area contributed by atoms with Gasteiger partial charge in [0.05, 0.1) is 4.92 Å². The molecule has 0 heterocycles. The summed E-state index contributed by atoms with van der Waals surface area (Å²) in [6.07, 6.45) is 3.89. The molecule has 0 saturated heterocycles. The molecule has 20 heavy (non-hydrogen) atoms. The molecule has 1 aromatic rings. The number of nitro benzene ring substituents is 1. The van der Waals surface area contributed by atoms with Crippen LogP contribution in [0.4, 0.5) is 11.4 Å². The molecule has 1 aromatic carbocycles. The van der Waals surface area contributed by atoms with Crippen LogP contribution in [0.3, 0.4) is 0 Å². The van der Waals surface area contributed by atoms with Crippen LogP contribution in [0.1, 0.15) is 32.1 Å². The number of halogens is 1. The van der Waals surface area contributed by atoms with E-state index in [1.54, 1.807) is 6.07 Å². The summed E-state index contributed by atoms with van der Waals surface area (Å²) >= 11 is 3.26. The lowest BCUT2D eigenvalue weighted by Crippen LogP contribution is -2.47. The minimum Gasteiger partial charge on any atom is -0.480 e. The van der Waals surface area contributed by atoms with Crippen LogP contribution in [-0.4, -0.2) is 21.5 Å². The number of nitro groups is 1. The smallest absolute Gasteiger partial charge is 0.329 e. The van der Waals surface area contributed by atoms with Crippen LogP contribution >= 0.6 is 15.9 Å². The zero-order valence-corrected chi connectivity index (χ0v) is 12.4. The number of hydrogen-bond donors (Lipinski definition) is 2. The molecule has 0 radical (unpaired) electrons. The van der Waals surface area contributed by atoms with Crippen molar-refractivity contribution in [1.82, 2.24) is 0 Å². The summed E-state index contributed by atoms with van der Waals surface area (Å²) in [5.74, 6) is -0.873. The summed E-state index contributed by atoms with van der Waals surface area (Å²) in [7, 11) is 0. The van der Waals surface area contributed by atoms with Gasteiger partial charge >= 0.3 is 5.97 Å². The number of carboxylic acids is 1. The van der Waals surface area contributed by atoms with Gasteiger partial charge in [-0.3, -0.25) is 10.1 Å². The van der Waals surface area contributed by atoms with Gasteiger partial charge in [0.15, 0.2) is 0 Å². The summed E-state index contributed by atoms with van der Waals surface area (Å²) in [4.78, 5) is 21.8. The molecule has 0 bridgehead atoms. The van der Waals surface area contributed by atoms with Crippen LogP contribution in [0.25, 0.3) is 0 Å². The van der Waals surface area contributed by atoms with Crippen molar-refractivity contribution in [1.29, 1.82) is 0 Å². The molecule has 0 atom stereocenters. The van der Waals surface area contributed by atoms with E-state index in [0.29, 0.717) is 23.0 Å². The molecular formula is C13H15BrN2O4. The molecule has 1 saturated carbocycles. The average molecular weight is 343 g/mol. The standard InChI is InChI=1S/C13H15BrN2O4/c14-10-8-9(16(19)20)4-5-11(10)15-13(12(17)18)6-2-1-3-7-13/h4-5,8,15H,1-3,6-7H2,(H,17,18). The second-order valence-corrected chi connectivity index (χ2v) is 5.85. The van der Waals surface area contributed by atoms with Crippen molar-refractivity contribution in [2.75, 3.05) is 5.32 Å². The fourth-order valence-electron chi connectivity index (χ4n) is 2.52. The quantitative estimate of drug-likeness (QED) is 0.644. The summed E-state index contributed by atoms with van der Waals surface area (Å²) in [5.41, 5.74) is -0.438. The number of carbonyl (C=O) groups is 1. The zero-order chi connectivity index (χ0) is 14.8. The number of anilines is 1. The molecule has 0 aliphatic heterocycles. The predicted molar refractivity (Wildman–Crippen MR) is 77.9 cm³/mol. The Kier molecular flexibility index (Phi) is 4.27. The van der Waals surface area contributed by atoms with E-state index >= 15 is 0 Å². The Hall–Kier alpha value is -1.63. The molecule has 2 N–H and O–H groups in total. The lowest BCUT2D eigenvalue weighted by Gasteiger charge is -2.35. The SMILES string of the molecule is O=C(O)C1(Nc2ccc([N+](=O)[O-])cc2Br)CCCCC1. The first-order valence-electron chi connectivity index (χ1n) is 6.40. The first-order chi connectivity index (χ1) is 9.44. The Balaban J connectivity index is 2.27. The van der Waals surface area contributed by atoms with Crippen LogP contribution in [0.5, 0.6) is 0 Å². The van der Waals surface area contributed by atoms with Crippen LogP contribution in [-0.2, 0) is 4.79 Å². The number of hydrogen-bond acceptors (Lipinski definition) is 4. The first-order valence-corrected chi connectivity index (χ1v) is 7.19. The molecule has 0 aromatic heterocycles. The van der Waals surface area contributed by atoms with Gasteiger partial charge in [-0.25, -0.2) is 4.79 Å². The second-order valence-electron chi connectivity index (χ2n) is 4.99. The molecule has 2 rings (SSSR count). The van der Waals surface area contributed by atoms with Crippen molar-refractivity contribution in [2.45, 2.75) is 37.6 Å². The third kappa shape index (κ3) is 2.92. The number of non-ortho nitro benzene ring substituents is 1. The Morgan fingerprint density at radius 2 is 2.00 bits per heavy atom. The van der Waals surface area contributed by atoms with Crippen molar-refractivity contribution < 1.29 is 14.8 Å². The predicted octanol–water partition coefficient (Wildman–Crippen LogP) is 3.56. The van der Waals surface area contributed by atoms with Gasteiger partial charge in [0.25, 0.3) is 5.69 Å². The van der Waals surface area contributed by atoms with Gasteiger partial charge in [0.1, 0.15) is 5.54 Å². The molecular weight excluding hydrogens is 328 g/mol. The molecule has 1 aliphatic carbocycles. The van der Waals surface area contributed by atoms with E-state index in [-0.39, 0.29) is 5.69 Å². The van der Waals surface area contributed by atoms with Gasteiger partial charge in [-0.15, -0.1) is 0 Å². The van der Waals surface area contributed by atoms with Gasteiger partial charge in [-0.05, 0) is 34.8 Å². The average Bonchev–Trinajstić information content (AvgIpc) is 2.41. The highest BCUT2D eigenvalue weighted by Gasteiger charge is 2.39. The first kappa shape index (κ1) is 14.8. The Bertz CT molecular complexity index is 541. The van der Waals surface area contributed by atoms with Crippen molar-refractivity contribution in [3.63, 3.8) is 0 Å². The molecule has 1 fully saturated rings. The highest BCUT2D eigenvalue weighted by atomic mass is 79.9. The lowest BCUT2D eigenvalue weighted by atomic mass is 9.81. The largest absolute Gasteiger partial charge is 0.480 e. The van der Waals surface area contributed by atoms with E-state index in [1.165, 1.54) is 12.1 Å². The number of rotatable bonds is 4. The number of nitrogens with one attached hydrogen (secondary N) is 1. The molecule has 7 heteroatoms. The zero-order valence-electron chi connectivity index (χ0n) is 10.8. The highest BCUT2D eigenvalue weighted by molar-refractivity contribution is 9.10. The number of nitrogens with zero attached hydrogens (tertiary/aromatic N) is 1. The number of benzene rings is 1. The van der Waals surface area contributed by atoms with Gasteiger partial charge in [-0.2, -0.15) is 0 Å². The summed E-state index contributed by atoms with van der Waals surface area (Å²) in [6, 6.07) is 4.29. The maximum absolute atomic E-state index is 11.6. The molecule has 0 amide bonds. The van der Waals surface area contributed by atoms with E-state index in [0.717, 1.165) is 19.3 Å².